The van der Waals surface area contributed by atoms with Gasteiger partial charge in [-0.2, -0.15) is 0 Å². The van der Waals surface area contributed by atoms with Gasteiger partial charge in [-0.25, -0.2) is 4.98 Å². The minimum Gasteiger partial charge on any atom is -0.443 e. The first kappa shape index (κ1) is 8.76. The van der Waals surface area contributed by atoms with Crippen molar-refractivity contribution in [2.45, 2.75) is 0 Å². The van der Waals surface area contributed by atoms with Crippen molar-refractivity contribution in [1.82, 2.24) is 4.98 Å². The predicted octanol–water partition coefficient (Wildman–Crippen LogP) is 4.13. The molecule has 0 fully saturated rings. The molecule has 4 rings (SSSR count). The van der Waals surface area contributed by atoms with Gasteiger partial charge in [0, 0.05) is 0 Å². The smallest absolute Gasteiger partial charge is 0.181 e. The highest BCUT2D eigenvalue weighted by Crippen LogP contribution is 2.26. The minimum absolute atomic E-state index is 0.841. The van der Waals surface area contributed by atoms with E-state index in [1.165, 1.54) is 27.9 Å². The van der Waals surface area contributed by atoms with Gasteiger partial charge in [-0.05, 0) is 45.8 Å². The molecule has 0 aliphatic heterocycles. The Morgan fingerprint density at radius 1 is 0.765 bits per heavy atom. The normalized spacial score (nSPS) is 11.5. The van der Waals surface area contributed by atoms with E-state index in [1.54, 1.807) is 0 Å². The van der Waals surface area contributed by atoms with Crippen LogP contribution in [0.4, 0.5) is 0 Å². The number of hydrogen-bond donors (Lipinski definition) is 0. The molecule has 0 aliphatic carbocycles. The van der Waals surface area contributed by atoms with Crippen LogP contribution >= 0.6 is 0 Å². The molecule has 0 atom stereocenters. The lowest BCUT2D eigenvalue weighted by molar-refractivity contribution is 0.602. The van der Waals surface area contributed by atoms with Crippen LogP contribution in [0.25, 0.3) is 32.6 Å². The standard InChI is InChI=1S/C15H9NO/c1-2-4-11-6-13-8-15-14(16-9-17-15)7-12(13)5-10(11)3-1/h1-9H. The lowest BCUT2D eigenvalue weighted by Gasteiger charge is -2.01. The zero-order chi connectivity index (χ0) is 11.2. The number of benzene rings is 3. The maximum Gasteiger partial charge on any atom is 0.181 e. The fourth-order valence-corrected chi connectivity index (χ4v) is 2.29. The minimum atomic E-state index is 0.841. The van der Waals surface area contributed by atoms with Gasteiger partial charge in [0.05, 0.1) is 0 Å². The molecule has 80 valence electrons. The quantitative estimate of drug-likeness (QED) is 0.415. The van der Waals surface area contributed by atoms with Crippen LogP contribution in [0.3, 0.4) is 0 Å². The summed E-state index contributed by atoms with van der Waals surface area (Å²) in [6, 6.07) is 16.9. The van der Waals surface area contributed by atoms with Gasteiger partial charge in [0.1, 0.15) is 5.52 Å². The molecule has 0 amide bonds. The number of aromatic nitrogens is 1. The molecule has 0 saturated carbocycles. The van der Waals surface area contributed by atoms with Crippen LogP contribution in [0.15, 0.2) is 59.3 Å². The molecule has 2 heteroatoms. The summed E-state index contributed by atoms with van der Waals surface area (Å²) in [6.45, 7) is 0. The number of nitrogens with zero attached hydrogens (tertiary/aromatic N) is 1. The van der Waals surface area contributed by atoms with Crippen molar-refractivity contribution >= 4 is 32.6 Å². The molecule has 2 nitrogen and oxygen atoms in total. The molecule has 0 saturated heterocycles. The van der Waals surface area contributed by atoms with E-state index in [2.05, 4.69) is 47.4 Å². The number of fused-ring (bicyclic) bond motifs is 3. The van der Waals surface area contributed by atoms with E-state index >= 15 is 0 Å². The second-order valence-corrected chi connectivity index (χ2v) is 4.22. The third-order valence-electron chi connectivity index (χ3n) is 3.15. The van der Waals surface area contributed by atoms with Gasteiger partial charge < -0.3 is 4.42 Å². The molecule has 4 aromatic rings. The summed E-state index contributed by atoms with van der Waals surface area (Å²) >= 11 is 0. The monoisotopic (exact) mass is 219 g/mol. The largest absolute Gasteiger partial charge is 0.443 e. The van der Waals surface area contributed by atoms with Gasteiger partial charge in [0.2, 0.25) is 0 Å². The Hall–Kier alpha value is -2.35. The number of hydrogen-bond acceptors (Lipinski definition) is 2. The van der Waals surface area contributed by atoms with Crippen molar-refractivity contribution in [2.75, 3.05) is 0 Å². The van der Waals surface area contributed by atoms with Crippen molar-refractivity contribution in [3.05, 3.63) is 54.9 Å². The highest BCUT2D eigenvalue weighted by molar-refractivity contribution is 6.02. The Bertz CT molecular complexity index is 776. The summed E-state index contributed by atoms with van der Waals surface area (Å²) in [5.74, 6) is 0. The molecule has 17 heavy (non-hydrogen) atoms. The fraction of sp³-hybridized carbons (Fsp3) is 0. The van der Waals surface area contributed by atoms with Crippen molar-refractivity contribution in [2.24, 2.45) is 0 Å². The Kier molecular flexibility index (Phi) is 1.59. The SMILES string of the molecule is c1ccc2cc3cc4ocnc4cc3cc2c1. The Morgan fingerprint density at radius 2 is 1.47 bits per heavy atom. The van der Waals surface area contributed by atoms with E-state index in [0.717, 1.165) is 11.1 Å². The predicted molar refractivity (Wildman–Crippen MR) is 69.0 cm³/mol. The van der Waals surface area contributed by atoms with Gasteiger partial charge in [-0.15, -0.1) is 0 Å². The first-order chi connectivity index (χ1) is 8.40. The van der Waals surface area contributed by atoms with Gasteiger partial charge in [0.15, 0.2) is 12.0 Å². The molecule has 0 unspecified atom stereocenters. The molecule has 1 aromatic heterocycles. The Balaban J connectivity index is 2.23. The topological polar surface area (TPSA) is 26.0 Å². The van der Waals surface area contributed by atoms with Crippen LogP contribution in [0.5, 0.6) is 0 Å². The fourth-order valence-electron chi connectivity index (χ4n) is 2.29. The zero-order valence-electron chi connectivity index (χ0n) is 9.05. The average molecular weight is 219 g/mol. The maximum absolute atomic E-state index is 5.33. The van der Waals surface area contributed by atoms with Crippen LogP contribution in [-0.4, -0.2) is 4.98 Å². The van der Waals surface area contributed by atoms with Crippen LogP contribution < -0.4 is 0 Å². The molecule has 0 aliphatic rings. The lowest BCUT2D eigenvalue weighted by Crippen LogP contribution is -1.76. The van der Waals surface area contributed by atoms with E-state index in [1.807, 2.05) is 6.07 Å². The molecule has 0 radical (unpaired) electrons. The first-order valence-corrected chi connectivity index (χ1v) is 5.56. The summed E-state index contributed by atoms with van der Waals surface area (Å²) < 4.78 is 5.33. The van der Waals surface area contributed by atoms with Crippen LogP contribution in [0, 0.1) is 0 Å². The van der Waals surface area contributed by atoms with Crippen molar-refractivity contribution in [1.29, 1.82) is 0 Å². The molecular formula is C15H9NO. The van der Waals surface area contributed by atoms with Crippen molar-refractivity contribution in [3.63, 3.8) is 0 Å². The van der Waals surface area contributed by atoms with Crippen LogP contribution in [0.2, 0.25) is 0 Å². The Morgan fingerprint density at radius 3 is 2.24 bits per heavy atom. The highest BCUT2D eigenvalue weighted by atomic mass is 16.3. The van der Waals surface area contributed by atoms with Gasteiger partial charge in [-0.3, -0.25) is 0 Å². The molecule has 1 heterocycles. The second-order valence-electron chi connectivity index (χ2n) is 4.22. The molecule has 0 N–H and O–H groups in total. The van der Waals surface area contributed by atoms with Gasteiger partial charge in [-0.1, -0.05) is 24.3 Å². The van der Waals surface area contributed by atoms with Crippen LogP contribution in [0.1, 0.15) is 0 Å². The molecule has 3 aromatic carbocycles. The summed E-state index contributed by atoms with van der Waals surface area (Å²) in [7, 11) is 0. The summed E-state index contributed by atoms with van der Waals surface area (Å²) in [5.41, 5.74) is 1.75. The highest BCUT2D eigenvalue weighted by Gasteiger charge is 2.03. The van der Waals surface area contributed by atoms with E-state index in [-0.39, 0.29) is 0 Å². The summed E-state index contributed by atoms with van der Waals surface area (Å²) in [5, 5.41) is 4.89. The van der Waals surface area contributed by atoms with E-state index in [0.29, 0.717) is 0 Å². The molecular weight excluding hydrogens is 210 g/mol. The van der Waals surface area contributed by atoms with Crippen LogP contribution in [-0.2, 0) is 0 Å². The lowest BCUT2D eigenvalue weighted by atomic mass is 10.0. The number of rotatable bonds is 0. The third-order valence-corrected chi connectivity index (χ3v) is 3.15. The summed E-state index contributed by atoms with van der Waals surface area (Å²) in [6.07, 6.45) is 1.49. The van der Waals surface area contributed by atoms with Crippen molar-refractivity contribution in [3.8, 4) is 0 Å². The summed E-state index contributed by atoms with van der Waals surface area (Å²) in [4.78, 5) is 4.18. The van der Waals surface area contributed by atoms with E-state index < -0.39 is 0 Å². The first-order valence-electron chi connectivity index (χ1n) is 5.56. The maximum atomic E-state index is 5.33. The van der Waals surface area contributed by atoms with E-state index in [9.17, 15) is 0 Å². The zero-order valence-corrected chi connectivity index (χ0v) is 9.05. The average Bonchev–Trinajstić information content (AvgIpc) is 2.80. The second kappa shape index (κ2) is 3.08. The Labute approximate surface area is 97.5 Å². The third kappa shape index (κ3) is 1.24. The van der Waals surface area contributed by atoms with E-state index in [4.69, 9.17) is 4.42 Å². The molecule has 0 spiro atoms. The van der Waals surface area contributed by atoms with Gasteiger partial charge in [0.25, 0.3) is 0 Å². The molecule has 0 bridgehead atoms. The number of oxazole rings is 1. The van der Waals surface area contributed by atoms with Crippen molar-refractivity contribution < 1.29 is 4.42 Å². The van der Waals surface area contributed by atoms with Gasteiger partial charge >= 0.3 is 0 Å².